The Morgan fingerprint density at radius 1 is 1.00 bits per heavy atom. The molecule has 0 aliphatic heterocycles. The van der Waals surface area contributed by atoms with Crippen molar-refractivity contribution in [1.82, 2.24) is 0 Å². The molecule has 9 heteroatoms. The van der Waals surface area contributed by atoms with Gasteiger partial charge in [0.1, 0.15) is 7.05 Å². The van der Waals surface area contributed by atoms with Gasteiger partial charge in [0.05, 0.1) is 10.4 Å². The van der Waals surface area contributed by atoms with Crippen LogP contribution in [0.2, 0.25) is 5.02 Å². The van der Waals surface area contributed by atoms with Crippen LogP contribution in [0.5, 0.6) is 0 Å². The third kappa shape index (κ3) is 6.39. The zero-order chi connectivity index (χ0) is 15.8. The van der Waals surface area contributed by atoms with E-state index in [0.29, 0.717) is 0 Å². The van der Waals surface area contributed by atoms with Gasteiger partial charge in [-0.2, -0.15) is 0 Å². The van der Waals surface area contributed by atoms with Gasteiger partial charge in [-0.05, 0) is 13.0 Å². The minimum atomic E-state index is -10.7. The minimum absolute atomic E-state index is 0.855. The molecule has 2 aromatic rings. The van der Waals surface area contributed by atoms with E-state index in [0.717, 1.165) is 21.5 Å². The normalized spacial score (nSPS) is 15.1. The van der Waals surface area contributed by atoms with E-state index in [1.165, 1.54) is 0 Å². The van der Waals surface area contributed by atoms with E-state index in [2.05, 4.69) is 10.6 Å². The molecule has 0 saturated heterocycles. The molecule has 0 amide bonds. The average Bonchev–Trinajstić information content (AvgIpc) is 2.22. The van der Waals surface area contributed by atoms with E-state index in [-0.39, 0.29) is 0 Å². The van der Waals surface area contributed by atoms with Crippen LogP contribution in [0.15, 0.2) is 30.5 Å². The molecule has 0 radical (unpaired) electrons. The molecule has 0 bridgehead atoms. The van der Waals surface area contributed by atoms with Crippen LogP contribution >= 0.6 is 19.4 Å². The topological polar surface area (TPSA) is 3.88 Å². The van der Waals surface area contributed by atoms with Gasteiger partial charge < -0.3 is 0 Å². The van der Waals surface area contributed by atoms with E-state index >= 15 is 0 Å². The van der Waals surface area contributed by atoms with E-state index in [4.69, 9.17) is 11.6 Å². The molecule has 114 valence electrons. The number of pyridine rings is 1. The first-order valence-corrected chi connectivity index (χ1v) is 7.65. The molecule has 0 spiro atoms. The first-order valence-electron chi connectivity index (χ1n) is 5.25. The number of benzene rings is 1. The van der Waals surface area contributed by atoms with Crippen molar-refractivity contribution < 1.29 is 29.7 Å². The quantitative estimate of drug-likeness (QED) is 0.315. The summed E-state index contributed by atoms with van der Waals surface area (Å²) < 4.78 is 61.3. The summed E-state index contributed by atoms with van der Waals surface area (Å²) in [6.45, 7) is 2.02. The number of para-hydroxylation sites is 1. The van der Waals surface area contributed by atoms with E-state index in [9.17, 15) is 25.2 Å². The first-order chi connectivity index (χ1) is 8.65. The predicted octanol–water partition coefficient (Wildman–Crippen LogP) is 6.01. The predicted molar refractivity (Wildman–Crippen MR) is 68.4 cm³/mol. The Morgan fingerprint density at radius 3 is 1.95 bits per heavy atom. The zero-order valence-electron chi connectivity index (χ0n) is 10.4. The van der Waals surface area contributed by atoms with Crippen molar-refractivity contribution in [3.05, 3.63) is 41.0 Å². The Labute approximate surface area is 116 Å². The third-order valence-corrected chi connectivity index (χ3v) is 2.76. The Balaban J connectivity index is 0.000000246. The Morgan fingerprint density at radius 2 is 1.45 bits per heavy atom. The summed E-state index contributed by atoms with van der Waals surface area (Å²) in [6, 6.07) is 8.15. The molecule has 0 N–H and O–H groups in total. The van der Waals surface area contributed by atoms with Gasteiger partial charge in [0.2, 0.25) is 5.52 Å². The number of hydrogen-bond donors (Lipinski definition) is 0. The average molecular weight is 338 g/mol. The van der Waals surface area contributed by atoms with Gasteiger partial charge in [0.15, 0.2) is 6.20 Å². The maximum atomic E-state index is 9.87. The van der Waals surface area contributed by atoms with Crippen LogP contribution in [0.1, 0.15) is 5.56 Å². The summed E-state index contributed by atoms with van der Waals surface area (Å²) in [7, 11) is -8.62. The number of rotatable bonds is 0. The summed E-state index contributed by atoms with van der Waals surface area (Å²) in [6.07, 6.45) is 2.05. The second-order valence-electron chi connectivity index (χ2n) is 4.21. The van der Waals surface area contributed by atoms with Crippen LogP contribution in [0, 0.1) is 6.92 Å². The van der Waals surface area contributed by atoms with Gasteiger partial charge in [-0.25, -0.2) is 4.57 Å². The van der Waals surface area contributed by atoms with Crippen LogP contribution in [0.25, 0.3) is 10.9 Å². The van der Waals surface area contributed by atoms with Crippen LogP contribution in [-0.2, 0) is 7.05 Å². The number of hydrogen-bond acceptors (Lipinski definition) is 0. The molecular formula is C11H11ClF6NP. The van der Waals surface area contributed by atoms with Crippen LogP contribution in [-0.4, -0.2) is 0 Å². The number of aromatic nitrogens is 1. The number of halogens is 7. The molecule has 0 atom stereocenters. The van der Waals surface area contributed by atoms with Gasteiger partial charge in [0, 0.05) is 11.6 Å². The van der Waals surface area contributed by atoms with Crippen LogP contribution in [0.3, 0.4) is 0 Å². The molecule has 1 nitrogen and oxygen atoms in total. The van der Waals surface area contributed by atoms with Gasteiger partial charge in [-0.15, -0.1) is 0 Å². The zero-order valence-corrected chi connectivity index (χ0v) is 12.1. The van der Waals surface area contributed by atoms with Crippen molar-refractivity contribution in [2.24, 2.45) is 7.05 Å². The maximum absolute atomic E-state index is 10.7. The van der Waals surface area contributed by atoms with Crippen molar-refractivity contribution in [3.63, 3.8) is 0 Å². The molecule has 20 heavy (non-hydrogen) atoms. The molecule has 1 aromatic carbocycles. The summed E-state index contributed by atoms with van der Waals surface area (Å²) in [5.41, 5.74) is 2.28. The van der Waals surface area contributed by atoms with Gasteiger partial charge in [0.25, 0.3) is 0 Å². The fourth-order valence-electron chi connectivity index (χ4n) is 1.60. The van der Waals surface area contributed by atoms with Crippen molar-refractivity contribution in [2.75, 3.05) is 0 Å². The number of nitrogens with zero attached hydrogens (tertiary/aromatic N) is 1. The summed E-state index contributed by atoms with van der Waals surface area (Å²) in [5, 5.41) is 1.97. The van der Waals surface area contributed by atoms with Gasteiger partial charge in [-0.3, -0.25) is 0 Å². The van der Waals surface area contributed by atoms with Crippen molar-refractivity contribution in [2.45, 2.75) is 6.92 Å². The Hall–Kier alpha value is -1.07. The molecular weight excluding hydrogens is 327 g/mol. The van der Waals surface area contributed by atoms with E-state index in [1.807, 2.05) is 38.4 Å². The first kappa shape index (κ1) is 17.0. The van der Waals surface area contributed by atoms with Gasteiger partial charge in [-0.1, -0.05) is 23.7 Å². The standard InChI is InChI=1S/C11H11ClN.F6P/c1-8-7-13(2)10-6-4-3-5-9(10)11(8)12;1-7(2,3,4,5)6/h3-7H,1-2H3;/q+1;-1. The Kier molecular flexibility index (Phi) is 3.79. The van der Waals surface area contributed by atoms with Gasteiger partial charge >= 0.3 is 33.0 Å². The number of aryl methyl sites for hydroxylation is 2. The van der Waals surface area contributed by atoms with E-state index in [1.54, 1.807) is 0 Å². The monoisotopic (exact) mass is 337 g/mol. The van der Waals surface area contributed by atoms with Crippen molar-refractivity contribution in [3.8, 4) is 0 Å². The molecule has 0 unspecified atom stereocenters. The second kappa shape index (κ2) is 4.46. The third-order valence-electron chi connectivity index (χ3n) is 2.25. The summed E-state index contributed by atoms with van der Waals surface area (Å²) in [5.74, 6) is 0. The fraction of sp³-hybridized carbons (Fsp3) is 0.182. The SMILES string of the molecule is Cc1c[n+](C)c2ccccc2c1Cl.F[P-](F)(F)(F)(F)F. The molecule has 1 aromatic heterocycles. The summed E-state index contributed by atoms with van der Waals surface area (Å²) >= 11 is 6.18. The van der Waals surface area contributed by atoms with Crippen LogP contribution in [0.4, 0.5) is 25.2 Å². The molecule has 0 aliphatic carbocycles. The van der Waals surface area contributed by atoms with Crippen molar-refractivity contribution >= 4 is 30.3 Å². The van der Waals surface area contributed by atoms with E-state index < -0.39 is 7.81 Å². The fourth-order valence-corrected chi connectivity index (χ4v) is 1.80. The Bertz CT molecular complexity index is 641. The molecule has 2 rings (SSSR count). The second-order valence-corrected chi connectivity index (χ2v) is 6.51. The molecule has 0 aliphatic rings. The summed E-state index contributed by atoms with van der Waals surface area (Å²) in [4.78, 5) is 0. The van der Waals surface area contributed by atoms with Crippen LogP contribution < -0.4 is 4.57 Å². The molecule has 0 fully saturated rings. The molecule has 1 heterocycles. The van der Waals surface area contributed by atoms with Crippen molar-refractivity contribution in [1.29, 1.82) is 0 Å². The number of fused-ring (bicyclic) bond motifs is 1. The molecule has 0 saturated carbocycles.